The van der Waals surface area contributed by atoms with E-state index in [4.69, 9.17) is 5.26 Å². The molecule has 318 valence electrons. The Morgan fingerprint density at radius 3 is 2.36 bits per heavy atom. The molecule has 0 bridgehead atoms. The summed E-state index contributed by atoms with van der Waals surface area (Å²) in [5, 5.41) is 17.4. The average molecular weight is 844 g/mol. The number of fused-ring (bicyclic) bond motifs is 1. The van der Waals surface area contributed by atoms with Crippen molar-refractivity contribution < 1.29 is 36.3 Å². The maximum Gasteiger partial charge on any atom is 0.417 e. The third kappa shape index (κ3) is 9.18. The van der Waals surface area contributed by atoms with E-state index in [2.05, 4.69) is 35.8 Å². The SMILES string of the molecule is N#Cc1ccc(N2CCc3c(ncnc3Nc3ccc(C(=O)N[C@H]4CC[C@H](CN5CCN(c6ccc(N7CCC(=O)NC7=O)cc6F)CC5)CC4)c(F)n3)C2)cc1C(F)(F)F. The summed E-state index contributed by atoms with van der Waals surface area (Å²) in [6.45, 7) is 4.43. The molecule has 3 aliphatic heterocycles. The van der Waals surface area contributed by atoms with Gasteiger partial charge < -0.3 is 20.4 Å². The number of rotatable bonds is 9. The average Bonchev–Trinajstić information content (AvgIpc) is 3.24. The molecule has 1 saturated carbocycles. The number of nitrogens with one attached hydrogen (secondary N) is 3. The molecule has 4 amide bonds. The fourth-order valence-corrected chi connectivity index (χ4v) is 8.56. The van der Waals surface area contributed by atoms with E-state index in [9.17, 15) is 27.6 Å². The molecule has 61 heavy (non-hydrogen) atoms. The van der Waals surface area contributed by atoms with Crippen molar-refractivity contribution in [2.75, 3.05) is 65.8 Å². The maximum absolute atomic E-state index is 15.3. The minimum absolute atomic E-state index is 0.114. The van der Waals surface area contributed by atoms with Crippen molar-refractivity contribution in [3.8, 4) is 6.07 Å². The van der Waals surface area contributed by atoms with Crippen molar-refractivity contribution >= 4 is 46.5 Å². The number of hydrogen-bond acceptors (Lipinski definition) is 11. The molecule has 14 nitrogen and oxygen atoms in total. The fraction of sp³-hybridized carbons (Fsp3) is 0.405. The maximum atomic E-state index is 15.3. The summed E-state index contributed by atoms with van der Waals surface area (Å²) in [6, 6.07) is 12.1. The molecular formula is C42H42F5N11O3. The van der Waals surface area contributed by atoms with Gasteiger partial charge >= 0.3 is 12.2 Å². The first-order valence-corrected chi connectivity index (χ1v) is 20.1. The van der Waals surface area contributed by atoms with Gasteiger partial charge in [0.05, 0.1) is 40.7 Å². The van der Waals surface area contributed by atoms with Crippen molar-refractivity contribution in [3.63, 3.8) is 0 Å². The molecule has 3 fully saturated rings. The number of nitrogens with zero attached hydrogens (tertiary/aromatic N) is 8. The molecule has 4 aliphatic rings. The van der Waals surface area contributed by atoms with Crippen LogP contribution in [0.15, 0.2) is 54.9 Å². The van der Waals surface area contributed by atoms with Crippen LogP contribution in [0.25, 0.3) is 0 Å². The van der Waals surface area contributed by atoms with Crippen LogP contribution in [0.1, 0.15) is 64.8 Å². The summed E-state index contributed by atoms with van der Waals surface area (Å²) >= 11 is 0. The van der Waals surface area contributed by atoms with Gasteiger partial charge in [0.2, 0.25) is 11.9 Å². The van der Waals surface area contributed by atoms with Crippen LogP contribution in [-0.4, -0.2) is 89.6 Å². The van der Waals surface area contributed by atoms with Gasteiger partial charge in [-0.2, -0.15) is 22.8 Å². The molecule has 8 rings (SSSR count). The van der Waals surface area contributed by atoms with Crippen molar-refractivity contribution in [2.24, 2.45) is 5.92 Å². The fourth-order valence-electron chi connectivity index (χ4n) is 8.56. The van der Waals surface area contributed by atoms with Crippen molar-refractivity contribution in [1.82, 2.24) is 30.5 Å². The molecule has 4 aromatic rings. The van der Waals surface area contributed by atoms with Crippen molar-refractivity contribution in [1.29, 1.82) is 5.26 Å². The van der Waals surface area contributed by atoms with Gasteiger partial charge in [-0.1, -0.05) is 0 Å². The zero-order valence-corrected chi connectivity index (χ0v) is 32.9. The minimum Gasteiger partial charge on any atom is -0.367 e. The lowest BCUT2D eigenvalue weighted by Gasteiger charge is -2.39. The number of carbonyl (C=O) groups is 3. The largest absolute Gasteiger partial charge is 0.417 e. The second kappa shape index (κ2) is 17.3. The van der Waals surface area contributed by atoms with Crippen LogP contribution in [0, 0.1) is 29.0 Å². The topological polar surface area (TPSA) is 163 Å². The molecule has 2 aromatic carbocycles. The van der Waals surface area contributed by atoms with Gasteiger partial charge in [0.25, 0.3) is 5.91 Å². The summed E-state index contributed by atoms with van der Waals surface area (Å²) in [5.74, 6) is -1.36. The highest BCUT2D eigenvalue weighted by molar-refractivity contribution is 6.05. The molecule has 19 heteroatoms. The Hall–Kier alpha value is -6.42. The lowest BCUT2D eigenvalue weighted by atomic mass is 9.85. The van der Waals surface area contributed by atoms with Crippen molar-refractivity contribution in [3.05, 3.63) is 94.6 Å². The van der Waals surface area contributed by atoms with Gasteiger partial charge in [0.15, 0.2) is 0 Å². The Morgan fingerprint density at radius 2 is 1.66 bits per heavy atom. The lowest BCUT2D eigenvalue weighted by Crippen LogP contribution is -2.50. The first-order chi connectivity index (χ1) is 29.3. The van der Waals surface area contributed by atoms with Gasteiger partial charge in [-0.15, -0.1) is 0 Å². The summed E-state index contributed by atoms with van der Waals surface area (Å²) in [6.07, 6.45) is 0.425. The van der Waals surface area contributed by atoms with E-state index in [-0.39, 0.29) is 42.8 Å². The van der Waals surface area contributed by atoms with Crippen LogP contribution in [0.5, 0.6) is 0 Å². The summed E-state index contributed by atoms with van der Waals surface area (Å²) in [7, 11) is 0. The monoisotopic (exact) mass is 843 g/mol. The predicted molar refractivity (Wildman–Crippen MR) is 214 cm³/mol. The molecular weight excluding hydrogens is 802 g/mol. The molecule has 1 aliphatic carbocycles. The minimum atomic E-state index is -4.68. The van der Waals surface area contributed by atoms with E-state index in [1.807, 2.05) is 4.90 Å². The first kappa shape index (κ1) is 41.3. The van der Waals surface area contributed by atoms with Crippen LogP contribution < -0.4 is 30.7 Å². The third-order valence-electron chi connectivity index (χ3n) is 11.8. The number of imide groups is 1. The Bertz CT molecular complexity index is 2380. The number of halogens is 5. The number of anilines is 5. The van der Waals surface area contributed by atoms with Gasteiger partial charge in [0, 0.05) is 75.2 Å². The number of urea groups is 1. The molecule has 2 saturated heterocycles. The van der Waals surface area contributed by atoms with E-state index in [0.717, 1.165) is 57.5 Å². The summed E-state index contributed by atoms with van der Waals surface area (Å²) in [5.41, 5.74) is 0.803. The predicted octanol–water partition coefficient (Wildman–Crippen LogP) is 5.90. The number of carbonyl (C=O) groups excluding carboxylic acids is 3. The van der Waals surface area contributed by atoms with Gasteiger partial charge in [-0.05, 0) is 86.6 Å². The van der Waals surface area contributed by atoms with Gasteiger partial charge in [-0.25, -0.2) is 24.1 Å². The smallest absolute Gasteiger partial charge is 0.367 e. The van der Waals surface area contributed by atoms with E-state index < -0.39 is 41.0 Å². The number of amides is 4. The third-order valence-corrected chi connectivity index (χ3v) is 11.8. The first-order valence-electron chi connectivity index (χ1n) is 20.1. The highest BCUT2D eigenvalue weighted by atomic mass is 19.4. The Morgan fingerprint density at radius 1 is 0.885 bits per heavy atom. The van der Waals surface area contributed by atoms with E-state index in [1.165, 1.54) is 35.5 Å². The molecule has 0 unspecified atom stereocenters. The molecule has 0 radical (unpaired) electrons. The molecule has 2 aromatic heterocycles. The molecule has 5 heterocycles. The lowest BCUT2D eigenvalue weighted by molar-refractivity contribution is -0.137. The van der Waals surface area contributed by atoms with E-state index >= 15 is 8.78 Å². The van der Waals surface area contributed by atoms with Crippen LogP contribution in [0.3, 0.4) is 0 Å². The van der Waals surface area contributed by atoms with Crippen LogP contribution in [0.4, 0.5) is 55.4 Å². The summed E-state index contributed by atoms with van der Waals surface area (Å²) in [4.78, 5) is 56.9. The molecule has 0 spiro atoms. The highest BCUT2D eigenvalue weighted by Crippen LogP contribution is 2.36. The number of benzene rings is 2. The summed E-state index contributed by atoms with van der Waals surface area (Å²) < 4.78 is 71.3. The number of alkyl halides is 3. The zero-order valence-electron chi connectivity index (χ0n) is 32.9. The number of aromatic nitrogens is 3. The number of nitriles is 1. The number of hydrogen-bond donors (Lipinski definition) is 3. The van der Waals surface area contributed by atoms with E-state index in [1.54, 1.807) is 23.1 Å². The Balaban J connectivity index is 0.795. The van der Waals surface area contributed by atoms with Gasteiger partial charge in [-0.3, -0.25) is 24.7 Å². The second-order valence-corrected chi connectivity index (χ2v) is 15.7. The molecule has 3 N–H and O–H groups in total. The Kier molecular flexibility index (Phi) is 11.7. The van der Waals surface area contributed by atoms with E-state index in [0.29, 0.717) is 66.1 Å². The number of piperazine rings is 1. The number of pyridine rings is 1. The zero-order chi connectivity index (χ0) is 42.8. The quantitative estimate of drug-likeness (QED) is 0.136. The van der Waals surface area contributed by atoms with Crippen LogP contribution >= 0.6 is 0 Å². The normalized spacial score (nSPS) is 19.8. The standard InChI is InChI=1S/C42H42F5N11O3/c43-33-20-29(58-14-12-37(59)54-41(58)61)7-9-35(33)56-17-15-55(16-18-56)22-25-1-4-27(5-2-25)51-40(60)31-8-10-36(52-38(31)44)53-39-30-11-13-57(23-34(30)49-24-50-39)28-6-3-26(21-48)32(19-28)42(45,46)47/h3,6-10,19-20,24-25,27H,1-2,4-5,11-18,22-23H2,(H,51,60)(H,54,59,61)(H,49,50,52,53)/t25-,27-. The van der Waals surface area contributed by atoms with Gasteiger partial charge in [0.1, 0.15) is 23.8 Å². The van der Waals surface area contributed by atoms with Crippen LogP contribution in [-0.2, 0) is 23.9 Å². The van der Waals surface area contributed by atoms with Crippen molar-refractivity contribution in [2.45, 2.75) is 57.3 Å². The highest BCUT2D eigenvalue weighted by Gasteiger charge is 2.35. The van der Waals surface area contributed by atoms with Crippen LogP contribution in [0.2, 0.25) is 0 Å². The Labute approximate surface area is 347 Å². The second-order valence-electron chi connectivity index (χ2n) is 15.7. The molecule has 0 atom stereocenters.